The maximum absolute atomic E-state index is 12.4. The van der Waals surface area contributed by atoms with Crippen molar-refractivity contribution in [2.75, 3.05) is 13.6 Å². The monoisotopic (exact) mass is 366 g/mol. The predicted octanol–water partition coefficient (Wildman–Crippen LogP) is 2.91. The number of carbonyl (C=O) groups is 1. The van der Waals surface area contributed by atoms with E-state index >= 15 is 0 Å². The molecule has 2 N–H and O–H groups in total. The van der Waals surface area contributed by atoms with E-state index < -0.39 is 0 Å². The van der Waals surface area contributed by atoms with Gasteiger partial charge in [0.05, 0.1) is 12.1 Å². The molecule has 134 valence electrons. The first-order valence-electron chi connectivity index (χ1n) is 8.52. The van der Waals surface area contributed by atoms with E-state index in [2.05, 4.69) is 9.97 Å². The lowest BCUT2D eigenvalue weighted by Gasteiger charge is -2.16. The lowest BCUT2D eigenvalue weighted by molar-refractivity contribution is -0.129. The van der Waals surface area contributed by atoms with Crippen molar-refractivity contribution in [3.63, 3.8) is 0 Å². The Balaban J connectivity index is 1.58. The van der Waals surface area contributed by atoms with Gasteiger partial charge in [-0.3, -0.25) is 9.78 Å². The largest absolute Gasteiger partial charge is 0.345 e. The second-order valence-electron chi connectivity index (χ2n) is 6.15. The minimum absolute atomic E-state index is 0.0756. The van der Waals surface area contributed by atoms with Crippen LogP contribution in [0.2, 0.25) is 0 Å². The van der Waals surface area contributed by atoms with Crippen LogP contribution in [-0.4, -0.2) is 34.4 Å². The van der Waals surface area contributed by atoms with E-state index in [1.807, 2.05) is 48.8 Å². The van der Waals surface area contributed by atoms with E-state index in [9.17, 15) is 4.79 Å². The minimum Gasteiger partial charge on any atom is -0.345 e. The summed E-state index contributed by atoms with van der Waals surface area (Å²) in [4.78, 5) is 22.8. The minimum atomic E-state index is 0.0756. The van der Waals surface area contributed by atoms with Crippen LogP contribution in [0.5, 0.6) is 0 Å². The molecular weight excluding hydrogens is 344 g/mol. The van der Waals surface area contributed by atoms with E-state index in [0.717, 1.165) is 28.2 Å². The first-order chi connectivity index (χ1) is 12.7. The zero-order chi connectivity index (χ0) is 18.4. The van der Waals surface area contributed by atoms with Gasteiger partial charge in [-0.1, -0.05) is 18.2 Å². The van der Waals surface area contributed by atoms with E-state index in [4.69, 9.17) is 5.73 Å². The number of thiazole rings is 1. The predicted molar refractivity (Wildman–Crippen MR) is 105 cm³/mol. The molecular formula is C20H22N4OS. The fourth-order valence-corrected chi connectivity index (χ4v) is 3.43. The van der Waals surface area contributed by atoms with Crippen molar-refractivity contribution in [3.8, 4) is 10.6 Å². The van der Waals surface area contributed by atoms with Crippen molar-refractivity contribution in [2.24, 2.45) is 5.73 Å². The van der Waals surface area contributed by atoms with Gasteiger partial charge in [0.15, 0.2) is 0 Å². The molecule has 5 nitrogen and oxygen atoms in total. The maximum Gasteiger partial charge on any atom is 0.228 e. The van der Waals surface area contributed by atoms with E-state index in [1.165, 1.54) is 5.56 Å². The molecule has 0 saturated heterocycles. The molecule has 3 rings (SSSR count). The van der Waals surface area contributed by atoms with E-state index in [1.54, 1.807) is 28.6 Å². The van der Waals surface area contributed by atoms with Crippen molar-refractivity contribution < 1.29 is 4.79 Å². The summed E-state index contributed by atoms with van der Waals surface area (Å²) in [6.07, 6.45) is 4.68. The van der Waals surface area contributed by atoms with Crippen LogP contribution in [0.25, 0.3) is 10.6 Å². The van der Waals surface area contributed by atoms with E-state index in [0.29, 0.717) is 19.5 Å². The molecule has 0 aliphatic heterocycles. The van der Waals surface area contributed by atoms with Gasteiger partial charge in [-0.2, -0.15) is 0 Å². The van der Waals surface area contributed by atoms with Crippen LogP contribution in [0.4, 0.5) is 0 Å². The Morgan fingerprint density at radius 2 is 2.00 bits per heavy atom. The lowest BCUT2D eigenvalue weighted by atomic mass is 10.1. The third-order valence-electron chi connectivity index (χ3n) is 4.20. The number of carbonyl (C=O) groups excluding carboxylic acids is 1. The molecule has 0 fully saturated rings. The molecule has 0 atom stereocenters. The summed E-state index contributed by atoms with van der Waals surface area (Å²) < 4.78 is 0. The number of benzene rings is 1. The van der Waals surface area contributed by atoms with Crippen molar-refractivity contribution in [3.05, 3.63) is 71.0 Å². The van der Waals surface area contributed by atoms with Crippen LogP contribution >= 0.6 is 11.3 Å². The van der Waals surface area contributed by atoms with E-state index in [-0.39, 0.29) is 5.91 Å². The third kappa shape index (κ3) is 4.74. The Hall–Kier alpha value is -2.57. The maximum atomic E-state index is 12.4. The number of amides is 1. The van der Waals surface area contributed by atoms with Crippen molar-refractivity contribution in [2.45, 2.75) is 19.4 Å². The summed E-state index contributed by atoms with van der Waals surface area (Å²) in [5, 5.41) is 2.88. The molecule has 2 heterocycles. The van der Waals surface area contributed by atoms with Gasteiger partial charge < -0.3 is 10.6 Å². The van der Waals surface area contributed by atoms with Crippen LogP contribution in [0.1, 0.15) is 16.8 Å². The van der Waals surface area contributed by atoms with Gasteiger partial charge in [-0.25, -0.2) is 4.98 Å². The van der Waals surface area contributed by atoms with Crippen molar-refractivity contribution >= 4 is 17.2 Å². The smallest absolute Gasteiger partial charge is 0.228 e. The number of hydrogen-bond donors (Lipinski definition) is 1. The summed E-state index contributed by atoms with van der Waals surface area (Å²) in [6.45, 7) is 1.19. The average Bonchev–Trinajstić information content (AvgIpc) is 3.15. The van der Waals surface area contributed by atoms with Gasteiger partial charge in [0.2, 0.25) is 5.91 Å². The molecule has 3 aromatic rings. The normalized spacial score (nSPS) is 10.7. The van der Waals surface area contributed by atoms with Gasteiger partial charge in [0, 0.05) is 43.5 Å². The summed E-state index contributed by atoms with van der Waals surface area (Å²) >= 11 is 1.56. The van der Waals surface area contributed by atoms with Crippen LogP contribution in [0.15, 0.2) is 54.2 Å². The first kappa shape index (κ1) is 18.2. The summed E-state index contributed by atoms with van der Waals surface area (Å²) in [5.41, 5.74) is 9.81. The highest BCUT2D eigenvalue weighted by atomic mass is 32.1. The standard InChI is InChI=1S/C20H22N4OS/c1-24(10-7-15-5-8-22-9-6-15)19(25)12-18-14-26-20(23-18)17-4-2-3-16(11-17)13-21/h2-6,8-9,11,14H,7,10,12-13,21H2,1H3. The zero-order valence-electron chi connectivity index (χ0n) is 14.8. The summed E-state index contributed by atoms with van der Waals surface area (Å²) in [7, 11) is 1.83. The molecule has 6 heteroatoms. The molecule has 0 bridgehead atoms. The Morgan fingerprint density at radius 1 is 1.19 bits per heavy atom. The fraction of sp³-hybridized carbons (Fsp3) is 0.250. The molecule has 1 amide bonds. The SMILES string of the molecule is CN(CCc1ccncc1)C(=O)Cc1csc(-c2cccc(CN)c2)n1. The fourth-order valence-electron chi connectivity index (χ4n) is 2.61. The van der Waals surface area contributed by atoms with Gasteiger partial charge in [-0.05, 0) is 35.7 Å². The van der Waals surface area contributed by atoms with Crippen LogP contribution < -0.4 is 5.73 Å². The number of aromatic nitrogens is 2. The van der Waals surface area contributed by atoms with Crippen LogP contribution in [-0.2, 0) is 24.2 Å². The molecule has 0 aliphatic carbocycles. The first-order valence-corrected chi connectivity index (χ1v) is 9.40. The highest BCUT2D eigenvalue weighted by Crippen LogP contribution is 2.24. The second kappa shape index (κ2) is 8.69. The van der Waals surface area contributed by atoms with Gasteiger partial charge in [-0.15, -0.1) is 11.3 Å². The number of rotatable bonds is 7. The highest BCUT2D eigenvalue weighted by molar-refractivity contribution is 7.13. The Bertz CT molecular complexity index is 863. The van der Waals surface area contributed by atoms with Gasteiger partial charge >= 0.3 is 0 Å². The number of hydrogen-bond acceptors (Lipinski definition) is 5. The van der Waals surface area contributed by atoms with Crippen LogP contribution in [0, 0.1) is 0 Å². The molecule has 26 heavy (non-hydrogen) atoms. The van der Waals surface area contributed by atoms with Crippen LogP contribution in [0.3, 0.4) is 0 Å². The Labute approximate surface area is 157 Å². The lowest BCUT2D eigenvalue weighted by Crippen LogP contribution is -2.30. The molecule has 0 radical (unpaired) electrons. The molecule has 2 aromatic heterocycles. The molecule has 0 spiro atoms. The van der Waals surface area contributed by atoms with Gasteiger partial charge in [0.25, 0.3) is 0 Å². The Kier molecular flexibility index (Phi) is 6.09. The highest BCUT2D eigenvalue weighted by Gasteiger charge is 2.13. The Morgan fingerprint density at radius 3 is 2.77 bits per heavy atom. The van der Waals surface area contributed by atoms with Crippen molar-refractivity contribution in [1.29, 1.82) is 0 Å². The van der Waals surface area contributed by atoms with Gasteiger partial charge in [0.1, 0.15) is 5.01 Å². The van der Waals surface area contributed by atoms with Crippen molar-refractivity contribution in [1.82, 2.24) is 14.9 Å². The second-order valence-corrected chi connectivity index (χ2v) is 7.00. The third-order valence-corrected chi connectivity index (χ3v) is 5.14. The number of pyridine rings is 1. The molecule has 0 aliphatic rings. The molecule has 0 saturated carbocycles. The summed E-state index contributed by atoms with van der Waals surface area (Å²) in [5.74, 6) is 0.0756. The topological polar surface area (TPSA) is 72.1 Å². The zero-order valence-corrected chi connectivity index (χ0v) is 15.6. The molecule has 1 aromatic carbocycles. The number of nitrogens with two attached hydrogens (primary N) is 1. The number of nitrogens with zero attached hydrogens (tertiary/aromatic N) is 3. The average molecular weight is 366 g/mol. The molecule has 0 unspecified atom stereocenters. The quantitative estimate of drug-likeness (QED) is 0.698. The summed E-state index contributed by atoms with van der Waals surface area (Å²) in [6, 6.07) is 12.0. The number of likely N-dealkylation sites (N-methyl/N-ethyl adjacent to an activating group) is 1.